The predicted octanol–water partition coefficient (Wildman–Crippen LogP) is 4.48. The molecule has 1 aliphatic rings. The molecule has 1 unspecified atom stereocenters. The molecule has 1 fully saturated rings. The van der Waals surface area contributed by atoms with Crippen molar-refractivity contribution in [1.29, 1.82) is 0 Å². The molecule has 174 valence electrons. The number of carbonyl (C=O) groups is 1. The van der Waals surface area contributed by atoms with Crippen LogP contribution in [-0.2, 0) is 4.79 Å². The highest BCUT2D eigenvalue weighted by Gasteiger charge is 2.33. The maximum atomic E-state index is 12.7. The first-order valence-corrected chi connectivity index (χ1v) is 10.4. The molecule has 0 aromatic heterocycles. The van der Waals surface area contributed by atoms with Crippen molar-refractivity contribution in [3.05, 3.63) is 47.5 Å². The summed E-state index contributed by atoms with van der Waals surface area (Å²) >= 11 is 6.35. The molecule has 1 aliphatic heterocycles. The number of hydrogen-bond donors (Lipinski definition) is 3. The van der Waals surface area contributed by atoms with Crippen LogP contribution in [0.2, 0.25) is 5.02 Å². The minimum absolute atomic E-state index is 0.132. The Kier molecular flexibility index (Phi) is 7.83. The number of amides is 1. The molecule has 7 nitrogen and oxygen atoms in total. The van der Waals surface area contributed by atoms with Crippen molar-refractivity contribution in [3.8, 4) is 16.9 Å². The van der Waals surface area contributed by atoms with E-state index >= 15 is 0 Å². The number of para-hydroxylation sites is 1. The third-order valence-electron chi connectivity index (χ3n) is 5.02. The Bertz CT molecular complexity index is 945. The molecule has 0 spiro atoms. The number of anilines is 1. The van der Waals surface area contributed by atoms with Crippen molar-refractivity contribution >= 4 is 23.2 Å². The molecule has 2 aromatic carbocycles. The van der Waals surface area contributed by atoms with Gasteiger partial charge in [-0.3, -0.25) is 15.4 Å². The number of alkyl halides is 3. The van der Waals surface area contributed by atoms with Crippen molar-refractivity contribution < 1.29 is 27.9 Å². The van der Waals surface area contributed by atoms with E-state index in [0.29, 0.717) is 24.2 Å². The highest BCUT2D eigenvalue weighted by Crippen LogP contribution is 2.38. The van der Waals surface area contributed by atoms with Crippen LogP contribution in [0.1, 0.15) is 19.3 Å². The number of nitrogens with one attached hydrogen (secondary N) is 2. The number of hydrogen-bond acceptors (Lipinski definition) is 6. The Morgan fingerprint density at radius 2 is 2.00 bits per heavy atom. The fourth-order valence-corrected chi connectivity index (χ4v) is 3.91. The number of rotatable bonds is 7. The van der Waals surface area contributed by atoms with E-state index in [1.165, 1.54) is 30.3 Å². The lowest BCUT2D eigenvalue weighted by molar-refractivity contribution is -0.274. The van der Waals surface area contributed by atoms with Crippen LogP contribution in [0.15, 0.2) is 42.5 Å². The van der Waals surface area contributed by atoms with E-state index in [-0.39, 0.29) is 28.8 Å². The summed E-state index contributed by atoms with van der Waals surface area (Å²) < 4.78 is 42.3. The number of likely N-dealkylation sites (N-methyl/N-ethyl adjacent to an activating group) is 1. The summed E-state index contributed by atoms with van der Waals surface area (Å²) in [5.74, 6) is -0.500. The van der Waals surface area contributed by atoms with Crippen LogP contribution in [0.4, 0.5) is 18.9 Å². The molecule has 1 heterocycles. The molecule has 0 saturated carbocycles. The molecular weight excluding hydrogens is 449 g/mol. The predicted molar refractivity (Wildman–Crippen MR) is 114 cm³/mol. The third kappa shape index (κ3) is 6.04. The summed E-state index contributed by atoms with van der Waals surface area (Å²) in [5, 5.41) is 14.4. The van der Waals surface area contributed by atoms with Crippen molar-refractivity contribution in [3.63, 3.8) is 0 Å². The van der Waals surface area contributed by atoms with Crippen molar-refractivity contribution in [2.24, 2.45) is 0 Å². The van der Waals surface area contributed by atoms with Gasteiger partial charge in [-0.25, -0.2) is 0 Å². The lowest BCUT2D eigenvalue weighted by atomic mass is 10.0. The maximum Gasteiger partial charge on any atom is 0.573 e. The summed E-state index contributed by atoms with van der Waals surface area (Å²) in [4.78, 5) is 13.9. The van der Waals surface area contributed by atoms with Crippen LogP contribution >= 0.6 is 11.6 Å². The Hall–Kier alpha value is -2.53. The van der Waals surface area contributed by atoms with Gasteiger partial charge in [0.2, 0.25) is 5.91 Å². The Labute approximate surface area is 188 Å². The molecule has 0 bridgehead atoms. The molecule has 0 radical (unpaired) electrons. The van der Waals surface area contributed by atoms with Crippen molar-refractivity contribution in [2.45, 2.75) is 31.8 Å². The second kappa shape index (κ2) is 10.4. The molecule has 2 aromatic rings. The molecule has 3 N–H and O–H groups in total. The van der Waals surface area contributed by atoms with Crippen LogP contribution in [0, 0.1) is 0 Å². The molecule has 3 rings (SSSR count). The van der Waals surface area contributed by atoms with Gasteiger partial charge in [-0.05, 0) is 44.5 Å². The topological polar surface area (TPSA) is 77.1 Å². The maximum absolute atomic E-state index is 12.7. The number of hydrazine groups is 1. The first kappa shape index (κ1) is 24.1. The normalized spacial score (nSPS) is 16.8. The SMILES string of the molecule is CNCC(=O)N1CCCCC1N(O)Nc1ccc(-c2ccccc2OC(F)(F)F)c(Cl)c1. The number of likely N-dealkylation sites (tertiary alicyclic amines) is 1. The number of benzene rings is 2. The smallest absolute Gasteiger partial charge is 0.405 e. The largest absolute Gasteiger partial charge is 0.573 e. The zero-order chi connectivity index (χ0) is 23.3. The minimum atomic E-state index is -4.84. The zero-order valence-corrected chi connectivity index (χ0v) is 18.1. The van der Waals surface area contributed by atoms with Gasteiger partial charge in [0.05, 0.1) is 17.3 Å². The molecule has 11 heteroatoms. The molecule has 1 amide bonds. The summed E-state index contributed by atoms with van der Waals surface area (Å²) in [6.45, 7) is 0.684. The van der Waals surface area contributed by atoms with Crippen LogP contribution in [-0.4, -0.2) is 53.9 Å². The lowest BCUT2D eigenvalue weighted by Gasteiger charge is -2.39. The van der Waals surface area contributed by atoms with Crippen LogP contribution in [0.5, 0.6) is 5.75 Å². The number of carbonyl (C=O) groups excluding carboxylic acids is 1. The van der Waals surface area contributed by atoms with Crippen molar-refractivity contribution in [2.75, 3.05) is 25.6 Å². The molecule has 32 heavy (non-hydrogen) atoms. The number of ether oxygens (including phenoxy) is 1. The Balaban J connectivity index is 1.78. The summed E-state index contributed by atoms with van der Waals surface area (Å²) in [7, 11) is 1.67. The zero-order valence-electron chi connectivity index (χ0n) is 17.3. The second-order valence-corrected chi connectivity index (χ2v) is 7.70. The fraction of sp³-hybridized carbons (Fsp3) is 0.381. The standard InChI is InChI=1S/C21H24ClF3N4O3/c1-26-13-20(30)28-11-5-4-8-19(28)29(31)27-14-9-10-15(17(22)12-14)16-6-2-3-7-18(16)32-21(23,24)25/h2-3,6-7,9-10,12,19,26-27,31H,4-5,8,11,13H2,1H3. The Morgan fingerprint density at radius 1 is 1.25 bits per heavy atom. The first-order valence-electron chi connectivity index (χ1n) is 10.0. The number of piperidine rings is 1. The van der Waals surface area contributed by atoms with E-state index in [1.807, 2.05) is 0 Å². The number of hydroxylamine groups is 1. The van der Waals surface area contributed by atoms with Gasteiger partial charge < -0.3 is 15.0 Å². The van der Waals surface area contributed by atoms with Gasteiger partial charge in [-0.15, -0.1) is 13.2 Å². The summed E-state index contributed by atoms with van der Waals surface area (Å²) in [6.07, 6.45) is -3.13. The van der Waals surface area contributed by atoms with Gasteiger partial charge in [0.15, 0.2) is 0 Å². The number of nitrogens with zero attached hydrogens (tertiary/aromatic N) is 2. The van der Waals surface area contributed by atoms with E-state index in [1.54, 1.807) is 24.1 Å². The van der Waals surface area contributed by atoms with Crippen LogP contribution in [0.3, 0.4) is 0 Å². The molecule has 0 aliphatic carbocycles. The fourth-order valence-electron chi connectivity index (χ4n) is 3.62. The third-order valence-corrected chi connectivity index (χ3v) is 5.33. The average Bonchev–Trinajstić information content (AvgIpc) is 2.73. The van der Waals surface area contributed by atoms with Gasteiger partial charge in [0.1, 0.15) is 11.9 Å². The van der Waals surface area contributed by atoms with E-state index in [4.69, 9.17) is 11.6 Å². The lowest BCUT2D eigenvalue weighted by Crippen LogP contribution is -2.55. The van der Waals surface area contributed by atoms with Gasteiger partial charge in [-0.1, -0.05) is 41.0 Å². The second-order valence-electron chi connectivity index (χ2n) is 7.29. The highest BCUT2D eigenvalue weighted by molar-refractivity contribution is 6.33. The summed E-state index contributed by atoms with van der Waals surface area (Å²) in [5.41, 5.74) is 3.71. The average molecular weight is 473 g/mol. The molecule has 1 saturated heterocycles. The van der Waals surface area contributed by atoms with Crippen LogP contribution in [0.25, 0.3) is 11.1 Å². The van der Waals surface area contributed by atoms with Crippen molar-refractivity contribution in [1.82, 2.24) is 15.4 Å². The first-order chi connectivity index (χ1) is 15.2. The summed E-state index contributed by atoms with van der Waals surface area (Å²) in [6, 6.07) is 10.3. The van der Waals surface area contributed by atoms with E-state index in [0.717, 1.165) is 18.0 Å². The molecule has 1 atom stereocenters. The van der Waals surface area contributed by atoms with Gasteiger partial charge in [0.25, 0.3) is 0 Å². The van der Waals surface area contributed by atoms with E-state index < -0.39 is 12.5 Å². The van der Waals surface area contributed by atoms with E-state index in [9.17, 15) is 23.2 Å². The highest BCUT2D eigenvalue weighted by atomic mass is 35.5. The molecular formula is C21H24ClF3N4O3. The van der Waals surface area contributed by atoms with Crippen LogP contribution < -0.4 is 15.5 Å². The quantitative estimate of drug-likeness (QED) is 0.516. The Morgan fingerprint density at radius 3 is 2.69 bits per heavy atom. The monoisotopic (exact) mass is 472 g/mol. The van der Waals surface area contributed by atoms with Gasteiger partial charge in [0, 0.05) is 17.7 Å². The van der Waals surface area contributed by atoms with Gasteiger partial charge >= 0.3 is 6.36 Å². The van der Waals surface area contributed by atoms with E-state index in [2.05, 4.69) is 15.5 Å². The minimum Gasteiger partial charge on any atom is -0.405 e. The van der Waals surface area contributed by atoms with Gasteiger partial charge in [-0.2, -0.15) is 0 Å². The number of halogens is 4.